The smallest absolute Gasteiger partial charge is 0.285 e. The first kappa shape index (κ1) is 23.8. The summed E-state index contributed by atoms with van der Waals surface area (Å²) in [5.41, 5.74) is 3.85. The lowest BCUT2D eigenvalue weighted by Crippen LogP contribution is -2.39. The Morgan fingerprint density at radius 2 is 1.76 bits per heavy atom. The number of rotatable bonds is 7. The summed E-state index contributed by atoms with van der Waals surface area (Å²) in [5, 5.41) is 1.56. The molecule has 170 valence electrons. The molecule has 3 aromatic rings. The van der Waals surface area contributed by atoms with Crippen LogP contribution in [0.4, 0.5) is 0 Å². The number of hydrogen-bond donors (Lipinski definition) is 0. The van der Waals surface area contributed by atoms with E-state index in [9.17, 15) is 4.79 Å². The molecule has 1 aliphatic rings. The average Bonchev–Trinajstić information content (AvgIpc) is 3.25. The zero-order chi connectivity index (χ0) is 23.5. The van der Waals surface area contributed by atoms with Crippen LogP contribution in [0.25, 0.3) is 6.08 Å². The van der Waals surface area contributed by atoms with Gasteiger partial charge in [0.2, 0.25) is 0 Å². The van der Waals surface area contributed by atoms with Gasteiger partial charge < -0.3 is 9.47 Å². The minimum atomic E-state index is -0.134. The number of hydrogen-bond acceptors (Lipinski definition) is 5. The molecule has 0 saturated carbocycles. The number of carbonyl (C=O) groups excluding carboxylic acids is 1. The summed E-state index contributed by atoms with van der Waals surface area (Å²) >= 11 is 9.08. The number of carbonyl (C=O) groups is 1. The first-order valence-electron chi connectivity index (χ1n) is 10.4. The number of aryl methyl sites for hydroxylation is 2. The van der Waals surface area contributed by atoms with E-state index >= 15 is 0 Å². The summed E-state index contributed by atoms with van der Waals surface area (Å²) in [6, 6.07) is 17.9. The van der Waals surface area contributed by atoms with E-state index in [0.717, 1.165) is 26.1 Å². The van der Waals surface area contributed by atoms with E-state index in [4.69, 9.17) is 21.7 Å². The molecule has 2 aromatic carbocycles. The van der Waals surface area contributed by atoms with Gasteiger partial charge in [0.05, 0.1) is 15.1 Å². The molecule has 1 amide bonds. The number of thiocarbonyl (C=S) groups is 1. The first-order valence-corrected chi connectivity index (χ1v) is 12.8. The fourth-order valence-corrected chi connectivity index (χ4v) is 5.59. The lowest BCUT2D eigenvalue weighted by atomic mass is 10.1. The van der Waals surface area contributed by atoms with Crippen molar-refractivity contribution >= 4 is 62.9 Å². The summed E-state index contributed by atoms with van der Waals surface area (Å²) in [6.45, 7) is 6.81. The first-order chi connectivity index (χ1) is 15.9. The Hall–Kier alpha value is -2.30. The van der Waals surface area contributed by atoms with Gasteiger partial charge in [0.25, 0.3) is 5.91 Å². The van der Waals surface area contributed by atoms with Gasteiger partial charge in [-0.2, -0.15) is 5.01 Å². The van der Waals surface area contributed by atoms with Gasteiger partial charge in [0.15, 0.2) is 15.8 Å². The summed E-state index contributed by atoms with van der Waals surface area (Å²) < 4.78 is 15.3. The van der Waals surface area contributed by atoms with Crippen LogP contribution in [0.3, 0.4) is 0 Å². The number of nitrogens with zero attached hydrogens (tertiary/aromatic N) is 2. The summed E-state index contributed by atoms with van der Waals surface area (Å²) in [5.74, 6) is 1.22. The topological polar surface area (TPSA) is 43.7 Å². The Labute approximate surface area is 216 Å². The van der Waals surface area contributed by atoms with Gasteiger partial charge >= 0.3 is 0 Å². The fraction of sp³-hybridized carbons (Fsp3) is 0.200. The molecule has 0 N–H and O–H groups in total. The number of halogens is 1. The molecule has 0 unspecified atom stereocenters. The second-order valence-corrected chi connectivity index (χ2v) is 10.3. The van der Waals surface area contributed by atoms with Crippen LogP contribution in [-0.4, -0.2) is 21.5 Å². The maximum Gasteiger partial charge on any atom is 0.285 e. The third kappa shape index (κ3) is 5.12. The molecule has 1 aromatic heterocycles. The van der Waals surface area contributed by atoms with Crippen molar-refractivity contribution in [2.75, 3.05) is 11.6 Å². The van der Waals surface area contributed by atoms with E-state index < -0.39 is 0 Å². The standard InChI is InChI=1S/C25H23IN2O3S2/c1-4-30-21-13-19(12-20(26)23(21)31-15-18-8-6-5-7-9-18)14-22-24(29)28(25(32)33-22)27-16(2)10-11-17(27)3/h5-14H,4,15H2,1-3H3/b22-14+. The van der Waals surface area contributed by atoms with Crippen LogP contribution in [-0.2, 0) is 11.4 Å². The van der Waals surface area contributed by atoms with Crippen molar-refractivity contribution in [2.45, 2.75) is 27.4 Å². The molecule has 0 aliphatic carbocycles. The van der Waals surface area contributed by atoms with Crippen molar-refractivity contribution in [1.29, 1.82) is 0 Å². The number of benzene rings is 2. The quantitative estimate of drug-likeness (QED) is 0.186. The number of thioether (sulfide) groups is 1. The zero-order valence-corrected chi connectivity index (χ0v) is 22.3. The molecule has 1 aliphatic heterocycles. The zero-order valence-electron chi connectivity index (χ0n) is 18.5. The van der Waals surface area contributed by atoms with Crippen LogP contribution in [0, 0.1) is 17.4 Å². The van der Waals surface area contributed by atoms with Crippen molar-refractivity contribution < 1.29 is 14.3 Å². The minimum absolute atomic E-state index is 0.134. The fourth-order valence-electron chi connectivity index (χ4n) is 3.56. The Kier molecular flexibility index (Phi) is 7.45. The second-order valence-electron chi connectivity index (χ2n) is 7.46. The van der Waals surface area contributed by atoms with Crippen molar-refractivity contribution in [3.63, 3.8) is 0 Å². The van der Waals surface area contributed by atoms with Crippen LogP contribution in [0.15, 0.2) is 59.5 Å². The molecular formula is C25H23IN2O3S2. The van der Waals surface area contributed by atoms with Crippen LogP contribution in [0.5, 0.6) is 11.5 Å². The highest BCUT2D eigenvalue weighted by Crippen LogP contribution is 2.38. The molecule has 2 heterocycles. The highest BCUT2D eigenvalue weighted by Gasteiger charge is 2.34. The molecule has 1 fully saturated rings. The maximum absolute atomic E-state index is 13.2. The monoisotopic (exact) mass is 590 g/mol. The Balaban J connectivity index is 1.62. The predicted molar refractivity (Wildman–Crippen MR) is 146 cm³/mol. The van der Waals surface area contributed by atoms with Crippen molar-refractivity contribution in [3.05, 3.63) is 85.6 Å². The van der Waals surface area contributed by atoms with Gasteiger partial charge in [0, 0.05) is 11.4 Å². The van der Waals surface area contributed by atoms with Crippen LogP contribution >= 0.6 is 46.6 Å². The normalized spacial score (nSPS) is 14.9. The number of ether oxygens (including phenoxy) is 2. The number of aromatic nitrogens is 1. The molecular weight excluding hydrogens is 567 g/mol. The van der Waals surface area contributed by atoms with Gasteiger partial charge in [-0.3, -0.25) is 9.47 Å². The van der Waals surface area contributed by atoms with E-state index in [1.54, 1.807) is 5.01 Å². The van der Waals surface area contributed by atoms with E-state index in [-0.39, 0.29) is 5.91 Å². The molecule has 0 bridgehead atoms. The van der Waals surface area contributed by atoms with Crippen molar-refractivity contribution in [3.8, 4) is 11.5 Å². The average molecular weight is 591 g/mol. The molecule has 0 radical (unpaired) electrons. The SMILES string of the molecule is CCOc1cc(/C=C2/SC(=S)N(n3c(C)ccc3C)C2=O)cc(I)c1OCc1ccccc1. The lowest BCUT2D eigenvalue weighted by molar-refractivity contribution is -0.114. The van der Waals surface area contributed by atoms with E-state index in [0.29, 0.717) is 33.9 Å². The van der Waals surface area contributed by atoms with Crippen LogP contribution in [0.1, 0.15) is 29.4 Å². The molecule has 8 heteroatoms. The van der Waals surface area contributed by atoms with Gasteiger partial charge in [0.1, 0.15) is 6.61 Å². The van der Waals surface area contributed by atoms with Crippen molar-refractivity contribution in [1.82, 2.24) is 4.68 Å². The Morgan fingerprint density at radius 1 is 1.06 bits per heavy atom. The molecule has 5 nitrogen and oxygen atoms in total. The summed E-state index contributed by atoms with van der Waals surface area (Å²) in [4.78, 5) is 13.8. The van der Waals surface area contributed by atoms with E-state index in [1.165, 1.54) is 11.8 Å². The molecule has 33 heavy (non-hydrogen) atoms. The maximum atomic E-state index is 13.2. The molecule has 0 spiro atoms. The largest absolute Gasteiger partial charge is 0.490 e. The van der Waals surface area contributed by atoms with E-state index in [1.807, 2.05) is 86.1 Å². The predicted octanol–water partition coefficient (Wildman–Crippen LogP) is 6.22. The third-order valence-electron chi connectivity index (χ3n) is 5.06. The Bertz CT molecular complexity index is 1220. The third-order valence-corrected chi connectivity index (χ3v) is 7.15. The van der Waals surface area contributed by atoms with Gasteiger partial charge in [-0.05, 0) is 97.0 Å². The number of amides is 1. The molecule has 0 atom stereocenters. The molecule has 1 saturated heterocycles. The molecule has 4 rings (SSSR count). The lowest BCUT2D eigenvalue weighted by Gasteiger charge is -2.20. The summed E-state index contributed by atoms with van der Waals surface area (Å²) in [7, 11) is 0. The van der Waals surface area contributed by atoms with Gasteiger partial charge in [-0.25, -0.2) is 0 Å². The Morgan fingerprint density at radius 3 is 2.42 bits per heavy atom. The van der Waals surface area contributed by atoms with Crippen LogP contribution < -0.4 is 14.5 Å². The van der Waals surface area contributed by atoms with Gasteiger partial charge in [-0.1, -0.05) is 42.1 Å². The van der Waals surface area contributed by atoms with Crippen LogP contribution in [0.2, 0.25) is 0 Å². The summed E-state index contributed by atoms with van der Waals surface area (Å²) in [6.07, 6.45) is 1.86. The highest BCUT2D eigenvalue weighted by atomic mass is 127. The van der Waals surface area contributed by atoms with Gasteiger partial charge in [-0.15, -0.1) is 0 Å². The second kappa shape index (κ2) is 10.3. The van der Waals surface area contributed by atoms with Crippen molar-refractivity contribution in [2.24, 2.45) is 0 Å². The minimum Gasteiger partial charge on any atom is -0.490 e. The van der Waals surface area contributed by atoms with E-state index in [2.05, 4.69) is 22.6 Å². The highest BCUT2D eigenvalue weighted by molar-refractivity contribution is 14.1.